The summed E-state index contributed by atoms with van der Waals surface area (Å²) < 4.78 is 2.03. The predicted molar refractivity (Wildman–Crippen MR) is 128 cm³/mol. The smallest absolute Gasteiger partial charge is 0.243 e. The monoisotopic (exact) mass is 434 g/mol. The number of nitrogens with zero attached hydrogens (tertiary/aromatic N) is 3. The number of hydrogen-bond acceptors (Lipinski definition) is 3. The zero-order chi connectivity index (χ0) is 23.1. The minimum Gasteiger partial charge on any atom is -0.356 e. The molecule has 0 unspecified atom stereocenters. The molecule has 3 aromatic rings. The maximum atomic E-state index is 13.4. The fraction of sp³-hybridized carbons (Fsp3) is 0.423. The summed E-state index contributed by atoms with van der Waals surface area (Å²) >= 11 is 0. The molecule has 3 rings (SSSR count). The predicted octanol–water partition coefficient (Wildman–Crippen LogP) is 4.18. The molecule has 1 heterocycles. The lowest BCUT2D eigenvalue weighted by Gasteiger charge is -2.27. The van der Waals surface area contributed by atoms with Gasteiger partial charge < -0.3 is 14.8 Å². The van der Waals surface area contributed by atoms with E-state index in [1.807, 2.05) is 91.8 Å². The van der Waals surface area contributed by atoms with Crippen molar-refractivity contribution in [2.75, 3.05) is 6.54 Å². The summed E-state index contributed by atoms with van der Waals surface area (Å²) in [6, 6.07) is 18.1. The van der Waals surface area contributed by atoms with E-state index in [1.54, 1.807) is 0 Å². The molecule has 0 spiro atoms. The number of aromatic nitrogens is 2. The first-order chi connectivity index (χ1) is 15.4. The van der Waals surface area contributed by atoms with Crippen LogP contribution < -0.4 is 5.32 Å². The van der Waals surface area contributed by atoms with Crippen molar-refractivity contribution in [3.8, 4) is 0 Å². The second kappa shape index (κ2) is 10.9. The van der Waals surface area contributed by atoms with Gasteiger partial charge in [0, 0.05) is 31.5 Å². The van der Waals surface area contributed by atoms with E-state index in [0.717, 1.165) is 28.8 Å². The average Bonchev–Trinajstić information content (AvgIpc) is 3.12. The molecular formula is C26H34N4O2. The molecular weight excluding hydrogens is 400 g/mol. The molecule has 1 N–H and O–H groups in total. The zero-order valence-electron chi connectivity index (χ0n) is 19.5. The summed E-state index contributed by atoms with van der Waals surface area (Å²) in [6.45, 7) is 9.29. The maximum absolute atomic E-state index is 13.4. The molecule has 32 heavy (non-hydrogen) atoms. The lowest BCUT2D eigenvalue weighted by molar-refractivity contribution is -0.134. The van der Waals surface area contributed by atoms with Crippen LogP contribution in [0.5, 0.6) is 0 Å². The van der Waals surface area contributed by atoms with Gasteiger partial charge >= 0.3 is 0 Å². The number of imidazole rings is 1. The fourth-order valence-electron chi connectivity index (χ4n) is 3.72. The molecule has 6 heteroatoms. The third-order valence-corrected chi connectivity index (χ3v) is 5.57. The standard InChI is InChI=1S/C26H34N4O2/c1-19(2)26(32)27-16-10-15-24-28-22-13-8-9-14-23(22)30(24)18-25(31)29(20(3)4)17-21-11-6-5-7-12-21/h5-9,11-14,19-20H,10,15-18H2,1-4H3,(H,27,32). The summed E-state index contributed by atoms with van der Waals surface area (Å²) in [6.07, 6.45) is 1.47. The summed E-state index contributed by atoms with van der Waals surface area (Å²) in [4.78, 5) is 31.9. The summed E-state index contributed by atoms with van der Waals surface area (Å²) in [5.41, 5.74) is 2.97. The van der Waals surface area contributed by atoms with Crippen LogP contribution in [0, 0.1) is 5.92 Å². The molecule has 170 valence electrons. The van der Waals surface area contributed by atoms with Gasteiger partial charge in [-0.1, -0.05) is 56.3 Å². The van der Waals surface area contributed by atoms with Crippen LogP contribution in [0.4, 0.5) is 0 Å². The van der Waals surface area contributed by atoms with Gasteiger partial charge in [0.15, 0.2) is 0 Å². The fourth-order valence-corrected chi connectivity index (χ4v) is 3.72. The molecule has 0 saturated heterocycles. The van der Waals surface area contributed by atoms with Gasteiger partial charge in [0.05, 0.1) is 11.0 Å². The van der Waals surface area contributed by atoms with Gasteiger partial charge in [-0.2, -0.15) is 0 Å². The Morgan fingerprint density at radius 2 is 1.69 bits per heavy atom. The van der Waals surface area contributed by atoms with Crippen molar-refractivity contribution in [2.45, 2.75) is 59.7 Å². The average molecular weight is 435 g/mol. The molecule has 0 atom stereocenters. The van der Waals surface area contributed by atoms with Gasteiger partial charge in [0.25, 0.3) is 0 Å². The Labute approximate surface area is 190 Å². The van der Waals surface area contributed by atoms with Gasteiger partial charge in [-0.15, -0.1) is 0 Å². The Morgan fingerprint density at radius 3 is 2.38 bits per heavy atom. The van der Waals surface area contributed by atoms with E-state index in [9.17, 15) is 9.59 Å². The zero-order valence-corrected chi connectivity index (χ0v) is 19.5. The van der Waals surface area contributed by atoms with Crippen LogP contribution in [0.1, 0.15) is 45.5 Å². The highest BCUT2D eigenvalue weighted by Crippen LogP contribution is 2.19. The van der Waals surface area contributed by atoms with Crippen molar-refractivity contribution in [3.63, 3.8) is 0 Å². The van der Waals surface area contributed by atoms with Crippen LogP contribution in [-0.4, -0.2) is 38.9 Å². The van der Waals surface area contributed by atoms with Gasteiger partial charge in [-0.25, -0.2) is 4.98 Å². The first kappa shape index (κ1) is 23.5. The Kier molecular flexibility index (Phi) is 8.03. The lowest BCUT2D eigenvalue weighted by atomic mass is 10.2. The van der Waals surface area contributed by atoms with E-state index in [0.29, 0.717) is 19.5 Å². The number of aryl methyl sites for hydroxylation is 1. The Balaban J connectivity index is 1.76. The number of benzene rings is 2. The highest BCUT2D eigenvalue weighted by atomic mass is 16.2. The van der Waals surface area contributed by atoms with Crippen LogP contribution in [0.15, 0.2) is 54.6 Å². The van der Waals surface area contributed by atoms with Crippen molar-refractivity contribution in [2.24, 2.45) is 5.92 Å². The highest BCUT2D eigenvalue weighted by Gasteiger charge is 2.20. The van der Waals surface area contributed by atoms with Crippen LogP contribution in [-0.2, 0) is 29.1 Å². The van der Waals surface area contributed by atoms with E-state index in [4.69, 9.17) is 4.98 Å². The number of carbonyl (C=O) groups excluding carboxylic acids is 2. The third kappa shape index (κ3) is 5.96. The van der Waals surface area contributed by atoms with Gasteiger partial charge in [-0.05, 0) is 38.0 Å². The first-order valence-corrected chi connectivity index (χ1v) is 11.4. The topological polar surface area (TPSA) is 67.2 Å². The molecule has 0 aliphatic carbocycles. The van der Waals surface area contributed by atoms with E-state index in [-0.39, 0.29) is 30.3 Å². The number of rotatable bonds is 10. The molecule has 6 nitrogen and oxygen atoms in total. The van der Waals surface area contributed by atoms with Crippen molar-refractivity contribution in [1.29, 1.82) is 0 Å². The Bertz CT molecular complexity index is 1040. The van der Waals surface area contributed by atoms with Crippen LogP contribution in [0.3, 0.4) is 0 Å². The number of carbonyl (C=O) groups is 2. The minimum absolute atomic E-state index is 0.0242. The highest BCUT2D eigenvalue weighted by molar-refractivity contribution is 5.81. The molecule has 0 aliphatic heterocycles. The van der Waals surface area contributed by atoms with Crippen molar-refractivity contribution in [1.82, 2.24) is 19.8 Å². The van der Waals surface area contributed by atoms with Crippen molar-refractivity contribution >= 4 is 22.8 Å². The molecule has 0 saturated carbocycles. The second-order valence-corrected chi connectivity index (χ2v) is 8.75. The normalized spacial score (nSPS) is 11.3. The summed E-state index contributed by atoms with van der Waals surface area (Å²) in [5, 5.41) is 2.96. The van der Waals surface area contributed by atoms with Crippen LogP contribution in [0.25, 0.3) is 11.0 Å². The lowest BCUT2D eigenvalue weighted by Crippen LogP contribution is -2.38. The first-order valence-electron chi connectivity index (χ1n) is 11.4. The maximum Gasteiger partial charge on any atom is 0.243 e. The van der Waals surface area contributed by atoms with E-state index in [1.165, 1.54) is 0 Å². The molecule has 2 amide bonds. The molecule has 0 bridgehead atoms. The third-order valence-electron chi connectivity index (χ3n) is 5.57. The largest absolute Gasteiger partial charge is 0.356 e. The molecule has 1 aromatic heterocycles. The second-order valence-electron chi connectivity index (χ2n) is 8.75. The number of fused-ring (bicyclic) bond motifs is 1. The van der Waals surface area contributed by atoms with Gasteiger partial charge in [0.2, 0.25) is 11.8 Å². The number of hydrogen-bond donors (Lipinski definition) is 1. The van der Waals surface area contributed by atoms with Gasteiger partial charge in [0.1, 0.15) is 12.4 Å². The van der Waals surface area contributed by atoms with Gasteiger partial charge in [-0.3, -0.25) is 9.59 Å². The van der Waals surface area contributed by atoms with Crippen LogP contribution >= 0.6 is 0 Å². The number of nitrogens with one attached hydrogen (secondary N) is 1. The Morgan fingerprint density at radius 1 is 1.00 bits per heavy atom. The van der Waals surface area contributed by atoms with Crippen LogP contribution in [0.2, 0.25) is 0 Å². The Hall–Kier alpha value is -3.15. The number of amides is 2. The summed E-state index contributed by atoms with van der Waals surface area (Å²) in [5.74, 6) is 0.981. The number of para-hydroxylation sites is 2. The molecule has 2 aromatic carbocycles. The van der Waals surface area contributed by atoms with E-state index < -0.39 is 0 Å². The molecule has 0 fully saturated rings. The SMILES string of the molecule is CC(C)C(=O)NCCCc1nc2ccccc2n1CC(=O)N(Cc1ccccc1)C(C)C. The van der Waals surface area contributed by atoms with E-state index >= 15 is 0 Å². The van der Waals surface area contributed by atoms with Crippen molar-refractivity contribution in [3.05, 3.63) is 66.0 Å². The quantitative estimate of drug-likeness (QED) is 0.487. The van der Waals surface area contributed by atoms with E-state index in [2.05, 4.69) is 5.32 Å². The molecule has 0 aliphatic rings. The van der Waals surface area contributed by atoms with Crippen molar-refractivity contribution < 1.29 is 9.59 Å². The molecule has 0 radical (unpaired) electrons. The minimum atomic E-state index is -0.0242. The summed E-state index contributed by atoms with van der Waals surface area (Å²) in [7, 11) is 0.